The highest BCUT2D eigenvalue weighted by molar-refractivity contribution is 6.30. The Morgan fingerprint density at radius 2 is 1.88 bits per heavy atom. The molecule has 1 fully saturated rings. The van der Waals surface area contributed by atoms with E-state index in [2.05, 4.69) is 4.98 Å². The van der Waals surface area contributed by atoms with Crippen molar-refractivity contribution in [1.82, 2.24) is 9.88 Å². The van der Waals surface area contributed by atoms with Gasteiger partial charge in [0, 0.05) is 24.3 Å². The average molecular weight is 349 g/mol. The second-order valence-corrected chi connectivity index (χ2v) is 6.43. The van der Waals surface area contributed by atoms with Crippen molar-refractivity contribution in [3.05, 3.63) is 64.7 Å². The molecule has 1 aromatic heterocycles. The first-order valence-corrected chi connectivity index (χ1v) is 8.27. The summed E-state index contributed by atoms with van der Waals surface area (Å²) in [6.07, 6.45) is 2.12. The van der Waals surface area contributed by atoms with Crippen LogP contribution in [0.4, 0.5) is 4.39 Å². The number of likely N-dealkylation sites (tertiary alicyclic amines) is 1. The number of piperidine rings is 1. The number of hydrogen-bond acceptors (Lipinski definition) is 3. The summed E-state index contributed by atoms with van der Waals surface area (Å²) in [4.78, 5) is 17.6. The number of aliphatic hydroxyl groups is 1. The lowest BCUT2D eigenvalue weighted by atomic mass is 9.87. The van der Waals surface area contributed by atoms with Gasteiger partial charge in [0.25, 0.3) is 5.91 Å². The molecule has 1 unspecified atom stereocenters. The molecule has 1 aliphatic heterocycles. The maximum absolute atomic E-state index is 12.8. The van der Waals surface area contributed by atoms with Crippen LogP contribution in [0.25, 0.3) is 0 Å². The van der Waals surface area contributed by atoms with Crippen LogP contribution in [-0.4, -0.2) is 34.0 Å². The number of nitrogens with zero attached hydrogens (tertiary/aromatic N) is 2. The first kappa shape index (κ1) is 16.9. The largest absolute Gasteiger partial charge is 0.388 e. The molecule has 1 atom stereocenters. The van der Waals surface area contributed by atoms with Gasteiger partial charge < -0.3 is 10.0 Å². The molecule has 6 heteroatoms. The van der Waals surface area contributed by atoms with Crippen molar-refractivity contribution >= 4 is 17.5 Å². The molecule has 1 N–H and O–H groups in total. The zero-order valence-corrected chi connectivity index (χ0v) is 13.8. The van der Waals surface area contributed by atoms with Crippen LogP contribution in [0.5, 0.6) is 0 Å². The zero-order chi connectivity index (χ0) is 17.1. The monoisotopic (exact) mass is 348 g/mol. The topological polar surface area (TPSA) is 53.4 Å². The van der Waals surface area contributed by atoms with Gasteiger partial charge in [-0.15, -0.1) is 0 Å². The molecule has 1 aliphatic rings. The summed E-state index contributed by atoms with van der Waals surface area (Å²) in [5.41, 5.74) is 1.22. The smallest absolute Gasteiger partial charge is 0.255 e. The molecule has 24 heavy (non-hydrogen) atoms. The maximum atomic E-state index is 12.8. The molecule has 0 spiro atoms. The van der Waals surface area contributed by atoms with E-state index < -0.39 is 12.1 Å². The Morgan fingerprint density at radius 1 is 1.21 bits per heavy atom. The number of rotatable bonds is 3. The van der Waals surface area contributed by atoms with E-state index in [1.807, 2.05) is 12.1 Å². The number of carbonyl (C=O) groups is 1. The van der Waals surface area contributed by atoms with Gasteiger partial charge >= 0.3 is 0 Å². The van der Waals surface area contributed by atoms with Crippen molar-refractivity contribution in [2.75, 3.05) is 13.1 Å². The van der Waals surface area contributed by atoms with E-state index in [4.69, 9.17) is 11.6 Å². The van der Waals surface area contributed by atoms with Crippen LogP contribution in [0.2, 0.25) is 5.02 Å². The number of carbonyl (C=O) groups excluding carboxylic acids is 1. The highest BCUT2D eigenvalue weighted by atomic mass is 35.5. The van der Waals surface area contributed by atoms with E-state index in [9.17, 15) is 14.3 Å². The van der Waals surface area contributed by atoms with E-state index in [1.54, 1.807) is 17.0 Å². The molecule has 1 aromatic carbocycles. The van der Waals surface area contributed by atoms with Gasteiger partial charge in [-0.05, 0) is 48.6 Å². The molecule has 1 saturated heterocycles. The number of aromatic nitrogens is 1. The van der Waals surface area contributed by atoms with Crippen molar-refractivity contribution in [1.29, 1.82) is 0 Å². The fourth-order valence-corrected chi connectivity index (χ4v) is 3.16. The fraction of sp³-hybridized carbons (Fsp3) is 0.333. The highest BCUT2D eigenvalue weighted by Crippen LogP contribution is 2.31. The third kappa shape index (κ3) is 3.74. The minimum absolute atomic E-state index is 0.0987. The SMILES string of the molecule is O=C(c1ccc(F)nc1)N1CCC(C(O)c2ccc(Cl)cc2)CC1. The van der Waals surface area contributed by atoms with Crippen molar-refractivity contribution in [3.63, 3.8) is 0 Å². The van der Waals surface area contributed by atoms with Gasteiger partial charge in [0.15, 0.2) is 0 Å². The normalized spacial score (nSPS) is 16.9. The average Bonchev–Trinajstić information content (AvgIpc) is 2.62. The number of hydrogen-bond donors (Lipinski definition) is 1. The summed E-state index contributed by atoms with van der Waals surface area (Å²) in [6.45, 7) is 1.12. The summed E-state index contributed by atoms with van der Waals surface area (Å²) in [5.74, 6) is -0.653. The Hall–Kier alpha value is -1.98. The van der Waals surface area contributed by atoms with Crippen LogP contribution in [0.1, 0.15) is 34.9 Å². The quantitative estimate of drug-likeness (QED) is 0.864. The van der Waals surface area contributed by atoms with Gasteiger partial charge in [0.05, 0.1) is 11.7 Å². The lowest BCUT2D eigenvalue weighted by Crippen LogP contribution is -2.39. The molecule has 1 amide bonds. The minimum Gasteiger partial charge on any atom is -0.388 e. The van der Waals surface area contributed by atoms with Crippen molar-refractivity contribution in [2.45, 2.75) is 18.9 Å². The Labute approximate surface area is 144 Å². The van der Waals surface area contributed by atoms with Crippen molar-refractivity contribution < 1.29 is 14.3 Å². The van der Waals surface area contributed by atoms with Gasteiger partial charge in [0.2, 0.25) is 5.95 Å². The molecule has 0 saturated carbocycles. The van der Waals surface area contributed by atoms with Gasteiger partial charge in [0.1, 0.15) is 0 Å². The second kappa shape index (κ2) is 7.28. The van der Waals surface area contributed by atoms with Crippen LogP contribution in [0.3, 0.4) is 0 Å². The van der Waals surface area contributed by atoms with Gasteiger partial charge in [-0.25, -0.2) is 4.98 Å². The molecular formula is C18H18ClFN2O2. The lowest BCUT2D eigenvalue weighted by Gasteiger charge is -2.34. The summed E-state index contributed by atoms with van der Waals surface area (Å²) in [5, 5.41) is 11.1. The molecular weight excluding hydrogens is 331 g/mol. The number of amides is 1. The van der Waals surface area contributed by atoms with Gasteiger partial charge in [-0.2, -0.15) is 4.39 Å². The molecule has 4 nitrogen and oxygen atoms in total. The summed E-state index contributed by atoms with van der Waals surface area (Å²) >= 11 is 5.87. The predicted molar refractivity (Wildman–Crippen MR) is 89.2 cm³/mol. The molecule has 2 heterocycles. The number of pyridine rings is 1. The Kier molecular flexibility index (Phi) is 5.11. The van der Waals surface area contributed by atoms with Crippen LogP contribution in [-0.2, 0) is 0 Å². The van der Waals surface area contributed by atoms with E-state index in [-0.39, 0.29) is 11.8 Å². The number of halogens is 2. The van der Waals surface area contributed by atoms with Gasteiger partial charge in [-0.3, -0.25) is 4.79 Å². The third-order valence-electron chi connectivity index (χ3n) is 4.46. The third-order valence-corrected chi connectivity index (χ3v) is 4.71. The Bertz CT molecular complexity index is 698. The Morgan fingerprint density at radius 3 is 2.46 bits per heavy atom. The zero-order valence-electron chi connectivity index (χ0n) is 13.0. The Balaban J connectivity index is 1.60. The lowest BCUT2D eigenvalue weighted by molar-refractivity contribution is 0.0462. The minimum atomic E-state index is -0.601. The maximum Gasteiger partial charge on any atom is 0.255 e. The molecule has 126 valence electrons. The van der Waals surface area contributed by atoms with Crippen LogP contribution < -0.4 is 0 Å². The molecule has 3 rings (SSSR count). The predicted octanol–water partition coefficient (Wildman–Crippen LogP) is 3.46. The number of benzene rings is 1. The first-order chi connectivity index (χ1) is 11.5. The first-order valence-electron chi connectivity index (χ1n) is 7.89. The van der Waals surface area contributed by atoms with Gasteiger partial charge in [-0.1, -0.05) is 23.7 Å². The summed E-state index contributed by atoms with van der Waals surface area (Å²) in [6, 6.07) is 9.81. The van der Waals surface area contributed by atoms with Crippen LogP contribution in [0.15, 0.2) is 42.6 Å². The highest BCUT2D eigenvalue weighted by Gasteiger charge is 2.28. The fourth-order valence-electron chi connectivity index (χ4n) is 3.04. The van der Waals surface area contributed by atoms with Crippen molar-refractivity contribution in [2.24, 2.45) is 5.92 Å². The van der Waals surface area contributed by atoms with Crippen LogP contribution >= 0.6 is 11.6 Å². The van der Waals surface area contributed by atoms with E-state index >= 15 is 0 Å². The summed E-state index contributed by atoms with van der Waals surface area (Å²) < 4.78 is 12.8. The standard InChI is InChI=1S/C18H18ClFN2O2/c19-15-4-1-12(2-5-15)17(23)13-7-9-22(10-8-13)18(24)14-3-6-16(20)21-11-14/h1-6,11,13,17,23H,7-10H2. The molecule has 0 bridgehead atoms. The van der Waals surface area contributed by atoms with Crippen LogP contribution in [0, 0.1) is 11.9 Å². The van der Waals surface area contributed by atoms with E-state index in [1.165, 1.54) is 18.3 Å². The molecule has 0 radical (unpaired) electrons. The van der Waals surface area contributed by atoms with E-state index in [0.29, 0.717) is 36.5 Å². The number of aliphatic hydroxyl groups excluding tert-OH is 1. The summed E-state index contributed by atoms with van der Waals surface area (Å²) in [7, 11) is 0. The van der Waals surface area contributed by atoms with Crippen molar-refractivity contribution in [3.8, 4) is 0 Å². The molecule has 2 aromatic rings. The van der Waals surface area contributed by atoms with E-state index in [0.717, 1.165) is 5.56 Å². The molecule has 0 aliphatic carbocycles. The second-order valence-electron chi connectivity index (χ2n) is 6.00.